The Kier molecular flexibility index (Phi) is 4.18. The van der Waals surface area contributed by atoms with E-state index < -0.39 is 5.41 Å². The lowest BCUT2D eigenvalue weighted by Crippen LogP contribution is -2.34. The molecule has 3 rings (SSSR count). The van der Waals surface area contributed by atoms with Crippen LogP contribution in [0.5, 0.6) is 0 Å². The van der Waals surface area contributed by atoms with Crippen molar-refractivity contribution in [2.45, 2.75) is 37.8 Å². The van der Waals surface area contributed by atoms with Gasteiger partial charge >= 0.3 is 0 Å². The molecular formula is C19H21FN2O. The molecule has 1 aliphatic rings. The minimum absolute atomic E-state index is 0.00634. The van der Waals surface area contributed by atoms with E-state index >= 15 is 0 Å². The summed E-state index contributed by atoms with van der Waals surface area (Å²) in [6, 6.07) is 14.2. The average Bonchev–Trinajstić information content (AvgIpc) is 3.35. The summed E-state index contributed by atoms with van der Waals surface area (Å²) >= 11 is 0. The van der Waals surface area contributed by atoms with Crippen LogP contribution in [-0.4, -0.2) is 5.91 Å². The highest BCUT2D eigenvalue weighted by atomic mass is 19.1. The van der Waals surface area contributed by atoms with E-state index in [1.165, 1.54) is 12.1 Å². The Balaban J connectivity index is 1.64. The molecule has 1 atom stereocenters. The number of hydrogen-bond acceptors (Lipinski definition) is 2. The number of benzene rings is 2. The molecule has 1 aliphatic carbocycles. The quantitative estimate of drug-likeness (QED) is 0.891. The summed E-state index contributed by atoms with van der Waals surface area (Å²) in [5, 5.41) is 3.00. The summed E-state index contributed by atoms with van der Waals surface area (Å²) in [5.74, 6) is -0.264. The van der Waals surface area contributed by atoms with Crippen LogP contribution in [0.4, 0.5) is 4.39 Å². The van der Waals surface area contributed by atoms with Gasteiger partial charge in [-0.2, -0.15) is 0 Å². The van der Waals surface area contributed by atoms with Gasteiger partial charge in [0.1, 0.15) is 5.82 Å². The Hall–Kier alpha value is -2.20. The first-order valence-electron chi connectivity index (χ1n) is 7.90. The number of rotatable bonds is 5. The number of nitrogens with one attached hydrogen (secondary N) is 1. The Labute approximate surface area is 135 Å². The molecule has 1 amide bonds. The van der Waals surface area contributed by atoms with Gasteiger partial charge in [-0.1, -0.05) is 36.4 Å². The van der Waals surface area contributed by atoms with E-state index in [1.807, 2.05) is 31.2 Å². The molecule has 2 aromatic carbocycles. The van der Waals surface area contributed by atoms with Crippen molar-refractivity contribution >= 4 is 5.91 Å². The summed E-state index contributed by atoms with van der Waals surface area (Å²) in [5.41, 5.74) is 8.36. The standard InChI is InChI=1S/C19H21FN2O/c1-13(21)15-4-2-14(3-5-15)12-22-18(23)19(10-11-19)16-6-8-17(20)9-7-16/h2-9,13H,10-12,21H2,1H3,(H,22,23)/t13-/m0/s1. The maximum Gasteiger partial charge on any atom is 0.230 e. The lowest BCUT2D eigenvalue weighted by Gasteiger charge is -2.16. The molecule has 3 N–H and O–H groups in total. The van der Waals surface area contributed by atoms with E-state index in [1.54, 1.807) is 12.1 Å². The van der Waals surface area contributed by atoms with E-state index in [-0.39, 0.29) is 17.8 Å². The fraction of sp³-hybridized carbons (Fsp3) is 0.316. The Morgan fingerprint density at radius 1 is 1.17 bits per heavy atom. The van der Waals surface area contributed by atoms with Crippen LogP contribution in [0.15, 0.2) is 48.5 Å². The third-order valence-corrected chi connectivity index (χ3v) is 4.54. The molecule has 23 heavy (non-hydrogen) atoms. The SMILES string of the molecule is C[C@H](N)c1ccc(CNC(=O)C2(c3ccc(F)cc3)CC2)cc1. The topological polar surface area (TPSA) is 55.1 Å². The smallest absolute Gasteiger partial charge is 0.230 e. The van der Waals surface area contributed by atoms with Crippen LogP contribution in [0.3, 0.4) is 0 Å². The number of carbonyl (C=O) groups excluding carboxylic acids is 1. The summed E-state index contributed by atoms with van der Waals surface area (Å²) in [6.07, 6.45) is 1.63. The van der Waals surface area contributed by atoms with Crippen molar-refractivity contribution in [3.63, 3.8) is 0 Å². The Morgan fingerprint density at radius 2 is 1.78 bits per heavy atom. The van der Waals surface area contributed by atoms with Crippen molar-refractivity contribution in [1.82, 2.24) is 5.32 Å². The maximum absolute atomic E-state index is 13.0. The molecule has 0 aromatic heterocycles. The van der Waals surface area contributed by atoms with Crippen molar-refractivity contribution in [1.29, 1.82) is 0 Å². The van der Waals surface area contributed by atoms with Gasteiger partial charge in [-0.3, -0.25) is 4.79 Å². The van der Waals surface area contributed by atoms with Crippen LogP contribution in [0.1, 0.15) is 42.5 Å². The highest BCUT2D eigenvalue weighted by Crippen LogP contribution is 2.48. The molecule has 3 nitrogen and oxygen atoms in total. The maximum atomic E-state index is 13.0. The van der Waals surface area contributed by atoms with E-state index in [0.717, 1.165) is 29.5 Å². The second-order valence-corrected chi connectivity index (χ2v) is 6.30. The van der Waals surface area contributed by atoms with Crippen LogP contribution in [0.2, 0.25) is 0 Å². The summed E-state index contributed by atoms with van der Waals surface area (Å²) in [4.78, 5) is 12.5. The lowest BCUT2D eigenvalue weighted by molar-refractivity contribution is -0.123. The van der Waals surface area contributed by atoms with Gasteiger partial charge in [-0.25, -0.2) is 4.39 Å². The second-order valence-electron chi connectivity index (χ2n) is 6.30. The van der Waals surface area contributed by atoms with E-state index in [0.29, 0.717) is 6.54 Å². The lowest BCUT2D eigenvalue weighted by atomic mass is 9.95. The third-order valence-electron chi connectivity index (χ3n) is 4.54. The molecule has 0 heterocycles. The van der Waals surface area contributed by atoms with Gasteiger partial charge in [-0.05, 0) is 48.6 Å². The zero-order chi connectivity index (χ0) is 16.4. The zero-order valence-electron chi connectivity index (χ0n) is 13.2. The Morgan fingerprint density at radius 3 is 2.30 bits per heavy atom. The number of nitrogens with two attached hydrogens (primary N) is 1. The van der Waals surface area contributed by atoms with Gasteiger partial charge in [0, 0.05) is 12.6 Å². The molecule has 0 bridgehead atoms. The molecule has 1 fully saturated rings. The number of amides is 1. The van der Waals surface area contributed by atoms with Gasteiger partial charge < -0.3 is 11.1 Å². The fourth-order valence-electron chi connectivity index (χ4n) is 2.83. The van der Waals surface area contributed by atoms with Gasteiger partial charge in [0.25, 0.3) is 0 Å². The van der Waals surface area contributed by atoms with E-state index in [9.17, 15) is 9.18 Å². The Bertz CT molecular complexity index is 688. The van der Waals surface area contributed by atoms with Gasteiger partial charge in [0.15, 0.2) is 0 Å². The minimum atomic E-state index is -0.473. The average molecular weight is 312 g/mol. The van der Waals surface area contributed by atoms with Gasteiger partial charge in [0.2, 0.25) is 5.91 Å². The fourth-order valence-corrected chi connectivity index (χ4v) is 2.83. The van der Waals surface area contributed by atoms with Crippen LogP contribution in [-0.2, 0) is 16.8 Å². The van der Waals surface area contributed by atoms with E-state index in [2.05, 4.69) is 5.32 Å². The van der Waals surface area contributed by atoms with Crippen LogP contribution >= 0.6 is 0 Å². The molecule has 2 aromatic rings. The van der Waals surface area contributed by atoms with Crippen LogP contribution in [0.25, 0.3) is 0 Å². The predicted molar refractivity (Wildman–Crippen MR) is 88.2 cm³/mol. The molecule has 0 spiro atoms. The van der Waals surface area contributed by atoms with Crippen LogP contribution in [0, 0.1) is 5.82 Å². The highest BCUT2D eigenvalue weighted by Gasteiger charge is 2.51. The van der Waals surface area contributed by atoms with Crippen molar-refractivity contribution in [2.24, 2.45) is 5.73 Å². The van der Waals surface area contributed by atoms with Gasteiger partial charge in [-0.15, -0.1) is 0 Å². The first-order chi connectivity index (χ1) is 11.0. The number of carbonyl (C=O) groups is 1. The summed E-state index contributed by atoms with van der Waals surface area (Å²) < 4.78 is 13.0. The van der Waals surface area contributed by atoms with Crippen molar-refractivity contribution in [3.05, 3.63) is 71.0 Å². The van der Waals surface area contributed by atoms with E-state index in [4.69, 9.17) is 5.73 Å². The third kappa shape index (κ3) is 3.27. The first kappa shape index (κ1) is 15.7. The number of hydrogen-bond donors (Lipinski definition) is 2. The summed E-state index contributed by atoms with van der Waals surface area (Å²) in [6.45, 7) is 2.43. The largest absolute Gasteiger partial charge is 0.351 e. The van der Waals surface area contributed by atoms with Gasteiger partial charge in [0.05, 0.1) is 5.41 Å². The molecule has 1 saturated carbocycles. The van der Waals surface area contributed by atoms with Crippen LogP contribution < -0.4 is 11.1 Å². The predicted octanol–water partition coefficient (Wildman–Crippen LogP) is 3.19. The second kappa shape index (κ2) is 6.13. The number of halogens is 1. The molecular weight excluding hydrogens is 291 g/mol. The van der Waals surface area contributed by atoms with Crippen molar-refractivity contribution in [2.75, 3.05) is 0 Å². The van der Waals surface area contributed by atoms with Crippen molar-refractivity contribution in [3.8, 4) is 0 Å². The molecule has 4 heteroatoms. The molecule has 0 unspecified atom stereocenters. The summed E-state index contributed by atoms with van der Waals surface area (Å²) in [7, 11) is 0. The normalized spacial score (nSPS) is 16.7. The monoisotopic (exact) mass is 312 g/mol. The molecule has 0 saturated heterocycles. The highest BCUT2D eigenvalue weighted by molar-refractivity contribution is 5.91. The molecule has 0 aliphatic heterocycles. The first-order valence-corrected chi connectivity index (χ1v) is 7.90. The zero-order valence-corrected chi connectivity index (χ0v) is 13.2. The van der Waals surface area contributed by atoms with Crippen molar-refractivity contribution < 1.29 is 9.18 Å². The molecule has 120 valence electrons. The minimum Gasteiger partial charge on any atom is -0.351 e. The molecule has 0 radical (unpaired) electrons.